The molecule has 79 valence electrons. The summed E-state index contributed by atoms with van der Waals surface area (Å²) in [4.78, 5) is 15.7. The molecule has 0 spiro atoms. The van der Waals surface area contributed by atoms with Crippen LogP contribution in [0.2, 0.25) is 0 Å². The van der Waals surface area contributed by atoms with Gasteiger partial charge in [0.1, 0.15) is 0 Å². The van der Waals surface area contributed by atoms with E-state index in [0.717, 1.165) is 4.90 Å². The molecule has 2 heterocycles. The van der Waals surface area contributed by atoms with Gasteiger partial charge in [0.15, 0.2) is 11.5 Å². The van der Waals surface area contributed by atoms with E-state index in [1.807, 2.05) is 0 Å². The van der Waals surface area contributed by atoms with E-state index in [2.05, 4.69) is 11.1 Å². The summed E-state index contributed by atoms with van der Waals surface area (Å²) in [7, 11) is 0. The minimum Gasteiger partial charge on any atom is -0.325 e. The van der Waals surface area contributed by atoms with Crippen LogP contribution in [-0.2, 0) is 0 Å². The zero-order chi connectivity index (χ0) is 11.1. The number of amides is 1. The Hall–Kier alpha value is -1.59. The summed E-state index contributed by atoms with van der Waals surface area (Å²) in [6.07, 6.45) is 1.19. The largest absolute Gasteiger partial charge is 0.325 e. The summed E-state index contributed by atoms with van der Waals surface area (Å²) >= 11 is 0. The van der Waals surface area contributed by atoms with Gasteiger partial charge in [0, 0.05) is 12.3 Å². The molecule has 1 aromatic heterocycles. The van der Waals surface area contributed by atoms with E-state index in [9.17, 15) is 18.0 Å². The van der Waals surface area contributed by atoms with Gasteiger partial charge in [0.2, 0.25) is 0 Å². The molecule has 1 amide bonds. The molecule has 0 aromatic carbocycles. The summed E-state index contributed by atoms with van der Waals surface area (Å²) in [6.45, 7) is -1.36. The number of hydrogen-bond acceptors (Lipinski definition) is 2. The Morgan fingerprint density at radius 3 is 2.73 bits per heavy atom. The van der Waals surface area contributed by atoms with E-state index in [-0.39, 0.29) is 0 Å². The topological polar surface area (TPSA) is 33.2 Å². The Bertz CT molecular complexity index is 400. The van der Waals surface area contributed by atoms with Crippen LogP contribution in [0.25, 0.3) is 0 Å². The molecule has 1 saturated heterocycles. The number of rotatable bonds is 1. The highest BCUT2D eigenvalue weighted by atomic mass is 19.3. The molecule has 0 saturated carbocycles. The molecule has 0 unspecified atom stereocenters. The van der Waals surface area contributed by atoms with Crippen molar-refractivity contribution in [2.24, 2.45) is 0 Å². The van der Waals surface area contributed by atoms with Crippen molar-refractivity contribution in [1.29, 1.82) is 0 Å². The first-order valence-electron chi connectivity index (χ1n) is 4.19. The van der Waals surface area contributed by atoms with Crippen LogP contribution in [0.1, 0.15) is 10.5 Å². The first-order chi connectivity index (χ1) is 6.99. The number of carbonyl (C=O) groups excluding carboxylic acids is 1. The van der Waals surface area contributed by atoms with Crippen LogP contribution in [0, 0.1) is 11.9 Å². The number of hydrogen-bond donors (Lipinski definition) is 0. The lowest BCUT2D eigenvalue weighted by molar-refractivity contribution is -0.113. The maximum absolute atomic E-state index is 13.0. The fourth-order valence-corrected chi connectivity index (χ4v) is 1.30. The van der Waals surface area contributed by atoms with Crippen LogP contribution in [-0.4, -0.2) is 34.8 Å². The lowest BCUT2D eigenvalue weighted by atomic mass is 10.1. The van der Waals surface area contributed by atoms with Gasteiger partial charge in [0.05, 0.1) is 13.1 Å². The van der Waals surface area contributed by atoms with Crippen molar-refractivity contribution in [3.05, 3.63) is 29.8 Å². The molecule has 1 aliphatic heterocycles. The lowest BCUT2D eigenvalue weighted by Gasteiger charge is -2.38. The molecule has 15 heavy (non-hydrogen) atoms. The zero-order valence-electron chi connectivity index (χ0n) is 7.51. The Morgan fingerprint density at radius 1 is 1.53 bits per heavy atom. The Balaban J connectivity index is 2.14. The van der Waals surface area contributed by atoms with Gasteiger partial charge in [-0.05, 0) is 6.07 Å². The van der Waals surface area contributed by atoms with Crippen LogP contribution in [0.5, 0.6) is 0 Å². The molecule has 6 heteroatoms. The normalized spacial score (nSPS) is 18.5. The second-order valence-electron chi connectivity index (χ2n) is 3.27. The van der Waals surface area contributed by atoms with E-state index >= 15 is 0 Å². The Morgan fingerprint density at radius 2 is 2.20 bits per heavy atom. The molecule has 0 N–H and O–H groups in total. The number of aromatic nitrogens is 1. The summed E-state index contributed by atoms with van der Waals surface area (Å²) in [5.41, 5.74) is -0.465. The van der Waals surface area contributed by atoms with Crippen LogP contribution in [0.15, 0.2) is 12.3 Å². The highest BCUT2D eigenvalue weighted by molar-refractivity contribution is 5.93. The third kappa shape index (κ3) is 1.79. The van der Waals surface area contributed by atoms with Crippen molar-refractivity contribution >= 4 is 5.91 Å². The van der Waals surface area contributed by atoms with Crippen molar-refractivity contribution < 1.29 is 18.0 Å². The van der Waals surface area contributed by atoms with Crippen LogP contribution < -0.4 is 0 Å². The minimum atomic E-state index is -2.86. The van der Waals surface area contributed by atoms with E-state index in [4.69, 9.17) is 0 Å². The van der Waals surface area contributed by atoms with Gasteiger partial charge in [0.25, 0.3) is 11.8 Å². The third-order valence-corrected chi connectivity index (χ3v) is 2.03. The summed E-state index contributed by atoms with van der Waals surface area (Å²) in [5, 5.41) is 0. The second-order valence-corrected chi connectivity index (χ2v) is 3.27. The van der Waals surface area contributed by atoms with E-state index in [1.165, 1.54) is 12.3 Å². The number of carbonyl (C=O) groups is 1. The summed E-state index contributed by atoms with van der Waals surface area (Å²) in [6, 6.07) is 3.35. The van der Waals surface area contributed by atoms with Gasteiger partial charge in [-0.25, -0.2) is 18.2 Å². The molecule has 1 aromatic rings. The zero-order valence-corrected chi connectivity index (χ0v) is 7.51. The van der Waals surface area contributed by atoms with Gasteiger partial charge in [-0.15, -0.1) is 0 Å². The number of alkyl halides is 2. The fraction of sp³-hybridized carbons (Fsp3) is 0.333. The van der Waals surface area contributed by atoms with Gasteiger partial charge < -0.3 is 4.90 Å². The SMILES string of the molecule is O=C(c1ncc[c]c1F)N1CC(F)(F)C1. The summed E-state index contributed by atoms with van der Waals surface area (Å²) in [5.74, 6) is -4.60. The number of pyridine rings is 1. The van der Waals surface area contributed by atoms with Crippen LogP contribution in [0.4, 0.5) is 13.2 Å². The predicted octanol–water partition coefficient (Wildman–Crippen LogP) is 1.11. The van der Waals surface area contributed by atoms with Gasteiger partial charge >= 0.3 is 0 Å². The van der Waals surface area contributed by atoms with Gasteiger partial charge in [-0.2, -0.15) is 0 Å². The van der Waals surface area contributed by atoms with Gasteiger partial charge in [-0.3, -0.25) is 4.79 Å². The fourth-order valence-electron chi connectivity index (χ4n) is 1.30. The van der Waals surface area contributed by atoms with Crippen molar-refractivity contribution in [2.75, 3.05) is 13.1 Å². The molecule has 1 radical (unpaired) electrons. The second kappa shape index (κ2) is 3.22. The monoisotopic (exact) mass is 215 g/mol. The number of nitrogens with zero attached hydrogens (tertiary/aromatic N) is 2. The Labute approximate surface area is 83.5 Å². The first kappa shape index (κ1) is 9.95. The molecule has 1 aliphatic rings. The highest BCUT2D eigenvalue weighted by Crippen LogP contribution is 2.27. The molecular formula is C9H6F3N2O. The maximum atomic E-state index is 13.0. The molecule has 0 atom stereocenters. The molecule has 0 aliphatic carbocycles. The predicted molar refractivity (Wildman–Crippen MR) is 43.9 cm³/mol. The van der Waals surface area contributed by atoms with Crippen molar-refractivity contribution in [1.82, 2.24) is 9.88 Å². The quantitative estimate of drug-likeness (QED) is 0.703. The number of halogens is 3. The van der Waals surface area contributed by atoms with Crippen molar-refractivity contribution in [2.45, 2.75) is 5.92 Å². The minimum absolute atomic E-state index is 0.465. The van der Waals surface area contributed by atoms with Gasteiger partial charge in [-0.1, -0.05) is 0 Å². The molecule has 1 fully saturated rings. The molecule has 2 rings (SSSR count). The van der Waals surface area contributed by atoms with E-state index < -0.39 is 36.4 Å². The van der Waals surface area contributed by atoms with Crippen LogP contribution >= 0.6 is 0 Å². The maximum Gasteiger partial charge on any atom is 0.282 e. The average molecular weight is 215 g/mol. The standard InChI is InChI=1S/C9H6F3N2O/c10-6-2-1-3-13-7(6)8(15)14-4-9(11,12)5-14/h1,3H,4-5H2. The van der Waals surface area contributed by atoms with E-state index in [0.29, 0.717) is 0 Å². The molecule has 3 nitrogen and oxygen atoms in total. The van der Waals surface area contributed by atoms with Crippen molar-refractivity contribution in [3.63, 3.8) is 0 Å². The smallest absolute Gasteiger partial charge is 0.282 e. The average Bonchev–Trinajstić information content (AvgIpc) is 2.14. The summed E-state index contributed by atoms with van der Waals surface area (Å²) < 4.78 is 37.9. The molecular weight excluding hydrogens is 209 g/mol. The highest BCUT2D eigenvalue weighted by Gasteiger charge is 2.47. The van der Waals surface area contributed by atoms with E-state index in [1.54, 1.807) is 0 Å². The van der Waals surface area contributed by atoms with Crippen molar-refractivity contribution in [3.8, 4) is 0 Å². The Kier molecular flexibility index (Phi) is 2.13. The van der Waals surface area contributed by atoms with Crippen LogP contribution in [0.3, 0.4) is 0 Å². The molecule has 0 bridgehead atoms. The number of likely N-dealkylation sites (tertiary alicyclic amines) is 1. The third-order valence-electron chi connectivity index (χ3n) is 2.03. The first-order valence-corrected chi connectivity index (χ1v) is 4.19. The lowest BCUT2D eigenvalue weighted by Crippen LogP contribution is -2.58.